The second-order valence-corrected chi connectivity index (χ2v) is 13.6. The lowest BCUT2D eigenvalue weighted by atomic mass is 9.94. The van der Waals surface area contributed by atoms with Gasteiger partial charge in [-0.2, -0.15) is 0 Å². The van der Waals surface area contributed by atoms with Crippen LogP contribution in [0.25, 0.3) is 0 Å². The molecule has 0 N–H and O–H groups in total. The summed E-state index contributed by atoms with van der Waals surface area (Å²) in [6.45, 7) is 6.93. The van der Waals surface area contributed by atoms with Crippen molar-refractivity contribution in [1.29, 1.82) is 0 Å². The molecule has 286 valence electrons. The number of benzene rings is 1. The largest absolute Gasteiger partial charge is 0.513 e. The number of carbonyl (C=O) groups excluding carboxylic acids is 3. The minimum atomic E-state index is -0.946. The maximum Gasteiger partial charge on any atom is 0.513 e. The number of esters is 2. The number of ether oxygens (including phenoxy) is 4. The van der Waals surface area contributed by atoms with E-state index in [1.807, 2.05) is 0 Å². The van der Waals surface area contributed by atoms with Gasteiger partial charge in [0, 0.05) is 18.6 Å². The first-order valence-corrected chi connectivity index (χ1v) is 19.7. The molecule has 0 bridgehead atoms. The molecule has 1 aromatic carbocycles. The van der Waals surface area contributed by atoms with E-state index in [1.165, 1.54) is 94.9 Å². The van der Waals surface area contributed by atoms with Crippen LogP contribution in [0.2, 0.25) is 0 Å². The average Bonchev–Trinajstić information content (AvgIpc) is 3.10. The summed E-state index contributed by atoms with van der Waals surface area (Å²) in [4.78, 5) is 48.3. The molecule has 1 rings (SSSR count). The Labute approximate surface area is 301 Å². The van der Waals surface area contributed by atoms with Crippen LogP contribution in [0.4, 0.5) is 10.5 Å². The van der Waals surface area contributed by atoms with Crippen molar-refractivity contribution in [3.05, 3.63) is 34.4 Å². The van der Waals surface area contributed by atoms with Gasteiger partial charge in [0.05, 0.1) is 30.7 Å². The second-order valence-electron chi connectivity index (χ2n) is 13.6. The van der Waals surface area contributed by atoms with Gasteiger partial charge in [-0.3, -0.25) is 19.7 Å². The molecular formula is C40H67NO9. The summed E-state index contributed by atoms with van der Waals surface area (Å²) in [7, 11) is 0. The third-order valence-electron chi connectivity index (χ3n) is 9.13. The Balaban J connectivity index is 2.64. The molecule has 0 aromatic heterocycles. The van der Waals surface area contributed by atoms with Gasteiger partial charge >= 0.3 is 18.1 Å². The van der Waals surface area contributed by atoms with Crippen molar-refractivity contribution in [3.63, 3.8) is 0 Å². The van der Waals surface area contributed by atoms with Crippen LogP contribution >= 0.6 is 0 Å². The van der Waals surface area contributed by atoms with Crippen molar-refractivity contribution >= 4 is 23.8 Å². The molecule has 1 atom stereocenters. The van der Waals surface area contributed by atoms with Crippen molar-refractivity contribution in [2.24, 2.45) is 11.8 Å². The average molecular weight is 706 g/mol. The minimum absolute atomic E-state index is 0.0166. The molecule has 10 heteroatoms. The molecular weight excluding hydrogens is 638 g/mol. The Kier molecular flexibility index (Phi) is 27.5. The van der Waals surface area contributed by atoms with Crippen LogP contribution in [0.3, 0.4) is 0 Å². The molecule has 50 heavy (non-hydrogen) atoms. The van der Waals surface area contributed by atoms with Gasteiger partial charge in [-0.05, 0) is 50.2 Å². The molecule has 0 spiro atoms. The summed E-state index contributed by atoms with van der Waals surface area (Å²) in [6.07, 6.45) is 22.6. The monoisotopic (exact) mass is 705 g/mol. The highest BCUT2D eigenvalue weighted by Gasteiger charge is 2.21. The predicted molar refractivity (Wildman–Crippen MR) is 197 cm³/mol. The van der Waals surface area contributed by atoms with Crippen LogP contribution in [0, 0.1) is 22.0 Å². The molecule has 1 aromatic rings. The molecule has 1 unspecified atom stereocenters. The molecule has 0 aliphatic heterocycles. The normalized spacial score (nSPS) is 11.7. The zero-order chi connectivity index (χ0) is 36.7. The van der Waals surface area contributed by atoms with Crippen LogP contribution in [-0.2, 0) is 23.8 Å². The molecule has 0 aliphatic carbocycles. The Morgan fingerprint density at radius 1 is 0.620 bits per heavy atom. The van der Waals surface area contributed by atoms with Gasteiger partial charge in [-0.25, -0.2) is 4.79 Å². The number of carbonyl (C=O) groups is 3. The Morgan fingerprint density at radius 2 is 1.10 bits per heavy atom. The number of hydrogen-bond acceptors (Lipinski definition) is 9. The molecule has 0 saturated carbocycles. The van der Waals surface area contributed by atoms with Crippen LogP contribution in [0.5, 0.6) is 5.75 Å². The lowest BCUT2D eigenvalue weighted by Gasteiger charge is -2.19. The standard InChI is InChI=1S/C40H67NO9/c1-4-7-10-13-14-15-18-21-24-38(42)47-31-29-34(33-49-40(44)50-37-27-25-36(26-28-37)41(45)46)30-32-48-39(43)35(22-19-16-11-8-5-2)23-20-17-12-9-6-3/h25-28,34-35H,4-24,29-33H2,1-3H3. The van der Waals surface area contributed by atoms with Crippen LogP contribution in [0.15, 0.2) is 24.3 Å². The van der Waals surface area contributed by atoms with Gasteiger partial charge in [0.15, 0.2) is 0 Å². The van der Waals surface area contributed by atoms with E-state index >= 15 is 0 Å². The highest BCUT2D eigenvalue weighted by atomic mass is 16.7. The first-order chi connectivity index (χ1) is 24.3. The number of unbranched alkanes of at least 4 members (excludes halogenated alkanes) is 15. The third-order valence-corrected chi connectivity index (χ3v) is 9.13. The SMILES string of the molecule is CCCCCCCCCCC(=O)OCCC(CCOC(=O)C(CCCCCCC)CCCCCCC)COC(=O)Oc1ccc([N+](=O)[O-])cc1. The predicted octanol–water partition coefficient (Wildman–Crippen LogP) is 11.5. The summed E-state index contributed by atoms with van der Waals surface area (Å²) in [5, 5.41) is 10.9. The zero-order valence-electron chi connectivity index (χ0n) is 31.5. The first-order valence-electron chi connectivity index (χ1n) is 19.7. The summed E-state index contributed by atoms with van der Waals surface area (Å²) >= 11 is 0. The van der Waals surface area contributed by atoms with Gasteiger partial charge in [-0.15, -0.1) is 0 Å². The molecule has 0 radical (unpaired) electrons. The zero-order valence-corrected chi connectivity index (χ0v) is 31.5. The van der Waals surface area contributed by atoms with E-state index in [4.69, 9.17) is 18.9 Å². The number of non-ortho nitro benzene ring substituents is 1. The summed E-state index contributed by atoms with van der Waals surface area (Å²) in [5.74, 6) is -0.617. The van der Waals surface area contributed by atoms with E-state index in [1.54, 1.807) is 0 Å². The number of hydrogen-bond donors (Lipinski definition) is 0. The Hall–Kier alpha value is -3.17. The fraction of sp³-hybridized carbons (Fsp3) is 0.775. The number of nitrogens with zero attached hydrogens (tertiary/aromatic N) is 1. The fourth-order valence-corrected chi connectivity index (χ4v) is 5.89. The molecule has 0 fully saturated rings. The molecule has 0 heterocycles. The van der Waals surface area contributed by atoms with Crippen LogP contribution in [0.1, 0.15) is 168 Å². The van der Waals surface area contributed by atoms with Crippen LogP contribution < -0.4 is 4.74 Å². The van der Waals surface area contributed by atoms with Crippen molar-refractivity contribution in [2.75, 3.05) is 19.8 Å². The maximum absolute atomic E-state index is 13.2. The van der Waals surface area contributed by atoms with Gasteiger partial charge < -0.3 is 18.9 Å². The second kappa shape index (κ2) is 30.6. The van der Waals surface area contributed by atoms with Crippen LogP contribution in [-0.4, -0.2) is 42.8 Å². The van der Waals surface area contributed by atoms with E-state index in [0.29, 0.717) is 19.3 Å². The number of nitro groups is 1. The van der Waals surface area contributed by atoms with Crippen molar-refractivity contribution in [2.45, 2.75) is 168 Å². The van der Waals surface area contributed by atoms with Gasteiger partial charge in [-0.1, -0.05) is 130 Å². The van der Waals surface area contributed by atoms with Gasteiger partial charge in [0.2, 0.25) is 0 Å². The van der Waals surface area contributed by atoms with Crippen molar-refractivity contribution < 1.29 is 38.3 Å². The number of nitro benzene ring substituents is 1. The molecule has 0 saturated heterocycles. The molecule has 10 nitrogen and oxygen atoms in total. The maximum atomic E-state index is 13.2. The van der Waals surface area contributed by atoms with E-state index in [-0.39, 0.29) is 55.0 Å². The lowest BCUT2D eigenvalue weighted by Crippen LogP contribution is -2.23. The molecule has 0 aliphatic rings. The Bertz CT molecular complexity index is 1020. The topological polar surface area (TPSA) is 131 Å². The highest BCUT2D eigenvalue weighted by Crippen LogP contribution is 2.22. The van der Waals surface area contributed by atoms with E-state index < -0.39 is 11.1 Å². The van der Waals surface area contributed by atoms with E-state index in [0.717, 1.165) is 57.8 Å². The van der Waals surface area contributed by atoms with Crippen molar-refractivity contribution in [3.8, 4) is 5.75 Å². The first kappa shape index (κ1) is 44.9. The Morgan fingerprint density at radius 3 is 1.62 bits per heavy atom. The number of rotatable bonds is 32. The third kappa shape index (κ3) is 24.1. The van der Waals surface area contributed by atoms with Gasteiger partial charge in [0.25, 0.3) is 5.69 Å². The van der Waals surface area contributed by atoms with E-state index in [9.17, 15) is 24.5 Å². The van der Waals surface area contributed by atoms with Gasteiger partial charge in [0.1, 0.15) is 5.75 Å². The molecule has 0 amide bonds. The summed E-state index contributed by atoms with van der Waals surface area (Å²) in [5.41, 5.74) is -0.118. The quantitative estimate of drug-likeness (QED) is 0.0179. The minimum Gasteiger partial charge on any atom is -0.466 e. The fourth-order valence-electron chi connectivity index (χ4n) is 5.89. The smallest absolute Gasteiger partial charge is 0.466 e. The highest BCUT2D eigenvalue weighted by molar-refractivity contribution is 5.72. The summed E-state index contributed by atoms with van der Waals surface area (Å²) in [6, 6.07) is 5.13. The van der Waals surface area contributed by atoms with E-state index in [2.05, 4.69) is 20.8 Å². The van der Waals surface area contributed by atoms with Crippen molar-refractivity contribution in [1.82, 2.24) is 0 Å². The summed E-state index contributed by atoms with van der Waals surface area (Å²) < 4.78 is 21.8. The lowest BCUT2D eigenvalue weighted by molar-refractivity contribution is -0.384.